The fourth-order valence-electron chi connectivity index (χ4n) is 4.53. The van der Waals surface area contributed by atoms with Crippen LogP contribution < -0.4 is 20.1 Å². The van der Waals surface area contributed by atoms with Gasteiger partial charge in [-0.15, -0.1) is 0 Å². The predicted molar refractivity (Wildman–Crippen MR) is 158 cm³/mol. The van der Waals surface area contributed by atoms with Crippen molar-refractivity contribution in [3.63, 3.8) is 0 Å². The topological polar surface area (TPSA) is 141 Å². The lowest BCUT2D eigenvalue weighted by Crippen LogP contribution is -3.08. The van der Waals surface area contributed by atoms with Gasteiger partial charge in [0.15, 0.2) is 9.84 Å². The lowest BCUT2D eigenvalue weighted by molar-refractivity contribution is -0.895. The number of hydrogen-bond acceptors (Lipinski definition) is 7. The summed E-state index contributed by atoms with van der Waals surface area (Å²) in [6, 6.07) is 13.3. The zero-order chi connectivity index (χ0) is 33.7. The predicted octanol–water partition coefficient (Wildman–Crippen LogP) is 3.83. The number of sulfone groups is 1. The Labute approximate surface area is 267 Å². The Morgan fingerprint density at radius 3 is 2.42 bits per heavy atom. The molecule has 3 N–H and O–H groups in total. The highest BCUT2D eigenvalue weighted by atomic mass is 35.5. The average Bonchev–Trinajstić information content (AvgIpc) is 2.97. The fraction of sp³-hybridized carbons (Fsp3) is 0.310. The number of nitrogens with zero attached hydrogens (tertiary/aromatic N) is 1. The lowest BCUT2D eigenvalue weighted by Gasteiger charge is -2.24. The van der Waals surface area contributed by atoms with Crippen molar-refractivity contribution in [2.45, 2.75) is 42.8 Å². The summed E-state index contributed by atoms with van der Waals surface area (Å²) >= 11 is 12.3. The second-order valence-corrected chi connectivity index (χ2v) is 13.0. The van der Waals surface area contributed by atoms with E-state index >= 15 is 0 Å². The normalized spacial score (nSPS) is 15.2. The Morgan fingerprint density at radius 2 is 1.80 bits per heavy atom. The van der Waals surface area contributed by atoms with Crippen LogP contribution in [0.15, 0.2) is 59.5 Å². The molecule has 0 saturated heterocycles. The van der Waals surface area contributed by atoms with Gasteiger partial charge in [-0.2, -0.15) is 18.2 Å². The number of carboxylic acids is 1. The summed E-state index contributed by atoms with van der Waals surface area (Å²) in [4.78, 5) is 23.0. The third kappa shape index (κ3) is 9.23. The number of carboxylic acid groups (broad SMARTS) is 1. The van der Waals surface area contributed by atoms with E-state index < -0.39 is 34.1 Å². The highest BCUT2D eigenvalue weighted by Gasteiger charge is 2.29. The van der Waals surface area contributed by atoms with Gasteiger partial charge in [0.2, 0.25) is 0 Å². The number of quaternary nitrogens is 1. The van der Waals surface area contributed by atoms with Crippen molar-refractivity contribution in [2.75, 3.05) is 26.0 Å². The van der Waals surface area contributed by atoms with Crippen molar-refractivity contribution in [1.29, 1.82) is 0 Å². The summed E-state index contributed by atoms with van der Waals surface area (Å²) < 4.78 is 63.3. The number of halogens is 5. The number of fused-ring (bicyclic) bond motifs is 1. The molecule has 16 heteroatoms. The summed E-state index contributed by atoms with van der Waals surface area (Å²) in [7, 11) is -0.171. The number of aliphatic carboxylic acids is 1. The second kappa shape index (κ2) is 14.7. The second-order valence-electron chi connectivity index (χ2n) is 10.2. The summed E-state index contributed by atoms with van der Waals surface area (Å²) in [5.74, 6) is -3.02. The smallest absolute Gasteiger partial charge is 0.430 e. The number of benzene rings is 3. The van der Waals surface area contributed by atoms with Gasteiger partial charge in [0, 0.05) is 18.1 Å². The number of urea groups is 1. The zero-order valence-electron chi connectivity index (χ0n) is 24.2. The maximum absolute atomic E-state index is 13.2. The molecule has 0 aliphatic carbocycles. The average molecular weight is 693 g/mol. The van der Waals surface area contributed by atoms with Crippen molar-refractivity contribution in [2.24, 2.45) is 0 Å². The number of ether oxygens (including phenoxy) is 1. The van der Waals surface area contributed by atoms with Crippen LogP contribution in [0, 0.1) is 0 Å². The molecule has 1 aliphatic heterocycles. The zero-order valence-corrected chi connectivity index (χ0v) is 26.6. The van der Waals surface area contributed by atoms with Crippen molar-refractivity contribution in [3.05, 3.63) is 86.9 Å². The minimum absolute atomic E-state index is 0.0641. The van der Waals surface area contributed by atoms with Crippen LogP contribution >= 0.6 is 23.2 Å². The Bertz CT molecular complexity index is 1670. The van der Waals surface area contributed by atoms with Gasteiger partial charge in [0.25, 0.3) is 0 Å². The largest absolute Gasteiger partial charge is 0.542 e. The number of hydrogen-bond donors (Lipinski definition) is 3. The van der Waals surface area contributed by atoms with Gasteiger partial charge in [-0.25, -0.2) is 13.2 Å². The van der Waals surface area contributed by atoms with Crippen LogP contribution in [0.25, 0.3) is 0 Å². The van der Waals surface area contributed by atoms with Crippen molar-refractivity contribution in [3.8, 4) is 5.75 Å². The molecule has 1 aliphatic rings. The van der Waals surface area contributed by atoms with Crippen LogP contribution in [0.1, 0.15) is 35.2 Å². The van der Waals surface area contributed by atoms with E-state index in [9.17, 15) is 31.6 Å². The van der Waals surface area contributed by atoms with Crippen LogP contribution in [0.2, 0.25) is 10.0 Å². The van der Waals surface area contributed by atoms with Crippen LogP contribution in [-0.4, -0.2) is 57.6 Å². The first-order chi connectivity index (χ1) is 20.9. The van der Waals surface area contributed by atoms with Crippen molar-refractivity contribution in [1.82, 2.24) is 5.06 Å². The molecule has 0 spiro atoms. The van der Waals surface area contributed by atoms with E-state index in [1.165, 1.54) is 41.3 Å². The quantitative estimate of drug-likeness (QED) is 0.253. The number of nitrogens with one attached hydrogen (secondary N) is 2. The molecule has 1 heterocycles. The summed E-state index contributed by atoms with van der Waals surface area (Å²) in [6.07, 6.45) is -4.28. The molecule has 45 heavy (non-hydrogen) atoms. The molecule has 0 bridgehead atoms. The van der Waals surface area contributed by atoms with Gasteiger partial charge >= 0.3 is 12.2 Å². The summed E-state index contributed by atoms with van der Waals surface area (Å²) in [5.41, 5.74) is 3.83. The van der Waals surface area contributed by atoms with Crippen molar-refractivity contribution >= 4 is 50.7 Å². The van der Waals surface area contributed by atoms with E-state index in [2.05, 4.69) is 12.4 Å². The van der Waals surface area contributed by atoms with Gasteiger partial charge < -0.3 is 24.9 Å². The minimum atomic E-state index is -5.19. The van der Waals surface area contributed by atoms with Crippen LogP contribution in [0.5, 0.6) is 5.75 Å². The standard InChI is InChI=1S/C27H29Cl2N3O5S.C2HF3O2/c1-17(22-5-4-6-23(28)26(22)29)32(34)27(33)30-24-10-9-21(14-25(24)37-3)38(35,36)16-18-7-8-20-15-31(2)12-11-19(20)13-18;3-2(4,5)1(6)7/h4-10,13-14,17,34H,11-12,15-16H2,1-3H3,(H,30,33);(H,6,7). The third-order valence-electron chi connectivity index (χ3n) is 6.95. The molecule has 3 aromatic carbocycles. The number of alkyl halides is 3. The number of methoxy groups -OCH3 is 1. The monoisotopic (exact) mass is 691 g/mol. The van der Waals surface area contributed by atoms with E-state index in [-0.39, 0.29) is 27.1 Å². The molecule has 2 amide bonds. The first kappa shape index (κ1) is 35.9. The molecular weight excluding hydrogens is 662 g/mol. The molecule has 0 saturated carbocycles. The molecular formula is C29H30Cl2F3N3O7S. The molecule has 244 valence electrons. The first-order valence-electron chi connectivity index (χ1n) is 13.3. The molecule has 10 nitrogen and oxygen atoms in total. The molecule has 2 atom stereocenters. The molecule has 0 radical (unpaired) electrons. The number of rotatable bonds is 7. The fourth-order valence-corrected chi connectivity index (χ4v) is 6.34. The lowest BCUT2D eigenvalue weighted by atomic mass is 9.98. The van der Waals surface area contributed by atoms with Crippen LogP contribution in [0.3, 0.4) is 0 Å². The number of amides is 2. The highest BCUT2D eigenvalue weighted by molar-refractivity contribution is 7.90. The minimum Gasteiger partial charge on any atom is -0.542 e. The molecule has 0 fully saturated rings. The van der Waals surface area contributed by atoms with E-state index in [1.54, 1.807) is 25.1 Å². The van der Waals surface area contributed by atoms with Gasteiger partial charge in [0.1, 0.15) is 18.3 Å². The van der Waals surface area contributed by atoms with Crippen molar-refractivity contribution < 1.29 is 51.1 Å². The van der Waals surface area contributed by atoms with Crippen LogP contribution in [-0.2, 0) is 33.4 Å². The first-order valence-corrected chi connectivity index (χ1v) is 15.7. The van der Waals surface area contributed by atoms with E-state index in [0.29, 0.717) is 15.6 Å². The van der Waals surface area contributed by atoms with Gasteiger partial charge in [0.05, 0.1) is 53.1 Å². The Kier molecular flexibility index (Phi) is 11.7. The van der Waals surface area contributed by atoms with Crippen LogP contribution in [0.4, 0.5) is 23.7 Å². The number of likely N-dealkylation sites (N-methyl/N-ethyl adjacent to an activating group) is 1. The SMILES string of the molecule is COc1cc(S(=O)(=O)Cc2ccc3c(c2)CC[NH+](C)C3)ccc1NC(=O)N(O)C(C)c1cccc(Cl)c1Cl.O=C([O-])C(F)(F)F. The highest BCUT2D eigenvalue weighted by Crippen LogP contribution is 2.33. The maximum atomic E-state index is 13.2. The van der Waals surface area contributed by atoms with Gasteiger partial charge in [-0.05, 0) is 41.8 Å². The molecule has 4 rings (SSSR count). The Hall–Kier alpha value is -3.56. The third-order valence-corrected chi connectivity index (χ3v) is 9.47. The number of anilines is 1. The number of hydroxylamine groups is 2. The molecule has 2 unspecified atom stereocenters. The van der Waals surface area contributed by atoms with E-state index in [4.69, 9.17) is 37.8 Å². The Balaban J connectivity index is 0.000000707. The molecule has 0 aromatic heterocycles. The number of carbonyl (C=O) groups excluding carboxylic acids is 2. The summed E-state index contributed by atoms with van der Waals surface area (Å²) in [5, 5.41) is 22.9. The van der Waals surface area contributed by atoms with E-state index in [1.807, 2.05) is 18.2 Å². The summed E-state index contributed by atoms with van der Waals surface area (Å²) in [6.45, 7) is 3.54. The van der Waals surface area contributed by atoms with E-state index in [0.717, 1.165) is 25.1 Å². The Morgan fingerprint density at radius 1 is 1.13 bits per heavy atom. The maximum Gasteiger partial charge on any atom is 0.430 e. The van der Waals surface area contributed by atoms with Gasteiger partial charge in [-0.1, -0.05) is 53.5 Å². The molecule has 3 aromatic rings. The van der Waals surface area contributed by atoms with Gasteiger partial charge in [-0.3, -0.25) is 5.21 Å². The number of carbonyl (C=O) groups is 2.